The van der Waals surface area contributed by atoms with Crippen LogP contribution < -0.4 is 10.6 Å². The summed E-state index contributed by atoms with van der Waals surface area (Å²) >= 11 is 0. The van der Waals surface area contributed by atoms with Crippen molar-refractivity contribution in [3.63, 3.8) is 0 Å². The van der Waals surface area contributed by atoms with Crippen LogP contribution in [-0.4, -0.2) is 16.8 Å². The Bertz CT molecular complexity index is 594. The summed E-state index contributed by atoms with van der Waals surface area (Å²) in [6, 6.07) is 10.7. The number of carbonyl (C=O) groups excluding carboxylic acids is 2. The number of nitrogens with zero attached hydrogens (tertiary/aromatic N) is 1. The van der Waals surface area contributed by atoms with E-state index >= 15 is 0 Å². The molecule has 0 saturated heterocycles. The Morgan fingerprint density at radius 3 is 2.15 bits per heavy atom. The number of rotatable bonds is 4. The van der Waals surface area contributed by atoms with Crippen LogP contribution >= 0.6 is 0 Å². The molecule has 0 radical (unpaired) electrons. The van der Waals surface area contributed by atoms with Crippen molar-refractivity contribution in [3.8, 4) is 0 Å². The Hall–Kier alpha value is -2.69. The number of anilines is 2. The van der Waals surface area contributed by atoms with Gasteiger partial charge in [0.25, 0.3) is 0 Å². The van der Waals surface area contributed by atoms with Crippen molar-refractivity contribution in [1.29, 1.82) is 0 Å². The summed E-state index contributed by atoms with van der Waals surface area (Å²) < 4.78 is 0. The molecule has 0 unspecified atom stereocenters. The molecule has 2 rings (SSSR count). The summed E-state index contributed by atoms with van der Waals surface area (Å²) in [6.07, 6.45) is 3.53. The quantitative estimate of drug-likeness (QED) is 0.894. The first kappa shape index (κ1) is 13.7. The summed E-state index contributed by atoms with van der Waals surface area (Å²) in [5, 5.41) is 5.47. The summed E-state index contributed by atoms with van der Waals surface area (Å²) in [5.41, 5.74) is 2.32. The van der Waals surface area contributed by atoms with Crippen molar-refractivity contribution in [3.05, 3.63) is 54.4 Å². The molecule has 0 fully saturated rings. The molecule has 2 aromatic rings. The zero-order chi connectivity index (χ0) is 14.4. The van der Waals surface area contributed by atoms with Crippen LogP contribution in [0.5, 0.6) is 0 Å². The highest BCUT2D eigenvalue weighted by molar-refractivity contribution is 5.92. The van der Waals surface area contributed by atoms with Crippen LogP contribution in [0.15, 0.2) is 48.8 Å². The van der Waals surface area contributed by atoms with Crippen molar-refractivity contribution < 1.29 is 9.59 Å². The largest absolute Gasteiger partial charge is 0.326 e. The first-order valence-corrected chi connectivity index (χ1v) is 6.20. The maximum atomic E-state index is 11.8. The molecule has 2 N–H and O–H groups in total. The van der Waals surface area contributed by atoms with E-state index in [4.69, 9.17) is 0 Å². The Labute approximate surface area is 117 Å². The third-order valence-electron chi connectivity index (χ3n) is 2.60. The van der Waals surface area contributed by atoms with E-state index in [1.54, 1.807) is 36.7 Å². The number of amides is 2. The average Bonchev–Trinajstić information content (AvgIpc) is 2.41. The molecule has 0 aliphatic rings. The van der Waals surface area contributed by atoms with Crippen LogP contribution in [0.4, 0.5) is 11.4 Å². The monoisotopic (exact) mass is 269 g/mol. The molecule has 0 atom stereocenters. The third-order valence-corrected chi connectivity index (χ3v) is 2.60. The minimum atomic E-state index is -0.117. The maximum Gasteiger partial charge on any atom is 0.228 e. The maximum absolute atomic E-state index is 11.8. The second kappa shape index (κ2) is 6.47. The van der Waals surface area contributed by atoms with E-state index in [9.17, 15) is 9.59 Å². The molecular weight excluding hydrogens is 254 g/mol. The van der Waals surface area contributed by atoms with Gasteiger partial charge in [0.2, 0.25) is 11.8 Å². The molecule has 0 spiro atoms. The highest BCUT2D eigenvalue weighted by Gasteiger charge is 2.04. The van der Waals surface area contributed by atoms with E-state index < -0.39 is 0 Å². The molecule has 5 heteroatoms. The normalized spacial score (nSPS) is 9.85. The SMILES string of the molecule is CC(=O)Nc1ccc(CC(=O)Nc2ccncc2)cc1. The smallest absolute Gasteiger partial charge is 0.228 e. The number of benzene rings is 1. The minimum Gasteiger partial charge on any atom is -0.326 e. The molecule has 0 bridgehead atoms. The number of pyridine rings is 1. The lowest BCUT2D eigenvalue weighted by Gasteiger charge is -2.06. The molecular formula is C15H15N3O2. The van der Waals surface area contributed by atoms with Gasteiger partial charge in [-0.15, -0.1) is 0 Å². The molecule has 1 heterocycles. The zero-order valence-electron chi connectivity index (χ0n) is 11.1. The van der Waals surface area contributed by atoms with Gasteiger partial charge in [0.15, 0.2) is 0 Å². The molecule has 20 heavy (non-hydrogen) atoms. The second-order valence-electron chi connectivity index (χ2n) is 4.34. The molecule has 2 amide bonds. The highest BCUT2D eigenvalue weighted by Crippen LogP contribution is 2.11. The summed E-state index contributed by atoms with van der Waals surface area (Å²) in [7, 11) is 0. The standard InChI is InChI=1S/C15H15N3O2/c1-11(19)17-13-4-2-12(3-5-13)10-15(20)18-14-6-8-16-9-7-14/h2-9H,10H2,1H3,(H,17,19)(H,16,18,20). The van der Waals surface area contributed by atoms with Crippen molar-refractivity contribution in [2.75, 3.05) is 10.6 Å². The van der Waals surface area contributed by atoms with Gasteiger partial charge in [-0.2, -0.15) is 0 Å². The molecule has 1 aromatic heterocycles. The number of carbonyl (C=O) groups is 2. The number of hydrogen-bond donors (Lipinski definition) is 2. The zero-order valence-corrected chi connectivity index (χ0v) is 11.1. The van der Waals surface area contributed by atoms with Crippen molar-refractivity contribution in [2.45, 2.75) is 13.3 Å². The molecule has 1 aromatic carbocycles. The second-order valence-corrected chi connectivity index (χ2v) is 4.34. The van der Waals surface area contributed by atoms with Gasteiger partial charge in [-0.05, 0) is 29.8 Å². The molecule has 0 aliphatic carbocycles. The van der Waals surface area contributed by atoms with Gasteiger partial charge >= 0.3 is 0 Å². The summed E-state index contributed by atoms with van der Waals surface area (Å²) in [4.78, 5) is 26.6. The first-order chi connectivity index (χ1) is 9.63. The fraction of sp³-hybridized carbons (Fsp3) is 0.133. The van der Waals surface area contributed by atoms with Crippen molar-refractivity contribution >= 4 is 23.2 Å². The Balaban J connectivity index is 1.93. The molecule has 5 nitrogen and oxygen atoms in total. The van der Waals surface area contributed by atoms with Crippen molar-refractivity contribution in [1.82, 2.24) is 4.98 Å². The van der Waals surface area contributed by atoms with E-state index in [0.29, 0.717) is 0 Å². The van der Waals surface area contributed by atoms with Crippen molar-refractivity contribution in [2.24, 2.45) is 0 Å². The van der Waals surface area contributed by atoms with E-state index in [2.05, 4.69) is 15.6 Å². The lowest BCUT2D eigenvalue weighted by molar-refractivity contribution is -0.116. The molecule has 0 saturated carbocycles. The Kier molecular flexibility index (Phi) is 4.44. The first-order valence-electron chi connectivity index (χ1n) is 6.20. The van der Waals surface area contributed by atoms with E-state index in [0.717, 1.165) is 16.9 Å². The van der Waals surface area contributed by atoms with Crippen LogP contribution in [0.2, 0.25) is 0 Å². The van der Waals surface area contributed by atoms with Crippen LogP contribution in [0.3, 0.4) is 0 Å². The van der Waals surface area contributed by atoms with Gasteiger partial charge in [0.1, 0.15) is 0 Å². The summed E-state index contributed by atoms with van der Waals surface area (Å²) in [5.74, 6) is -0.211. The molecule has 0 aliphatic heterocycles. The van der Waals surface area contributed by atoms with E-state index in [-0.39, 0.29) is 18.2 Å². The fourth-order valence-corrected chi connectivity index (χ4v) is 1.74. The van der Waals surface area contributed by atoms with Gasteiger partial charge in [-0.1, -0.05) is 12.1 Å². The van der Waals surface area contributed by atoms with Gasteiger partial charge in [0.05, 0.1) is 6.42 Å². The van der Waals surface area contributed by atoms with Gasteiger partial charge in [0, 0.05) is 30.7 Å². The topological polar surface area (TPSA) is 71.1 Å². The van der Waals surface area contributed by atoms with Crippen LogP contribution in [0.25, 0.3) is 0 Å². The summed E-state index contributed by atoms with van der Waals surface area (Å²) in [6.45, 7) is 1.45. The lowest BCUT2D eigenvalue weighted by atomic mass is 10.1. The van der Waals surface area contributed by atoms with Crippen LogP contribution in [0, 0.1) is 0 Å². The average molecular weight is 269 g/mol. The van der Waals surface area contributed by atoms with Gasteiger partial charge in [-0.3, -0.25) is 14.6 Å². The number of hydrogen-bond acceptors (Lipinski definition) is 3. The Morgan fingerprint density at radius 2 is 1.55 bits per heavy atom. The number of nitrogens with one attached hydrogen (secondary N) is 2. The Morgan fingerprint density at radius 1 is 0.950 bits per heavy atom. The fourth-order valence-electron chi connectivity index (χ4n) is 1.74. The van der Waals surface area contributed by atoms with Gasteiger partial charge < -0.3 is 10.6 Å². The van der Waals surface area contributed by atoms with E-state index in [1.165, 1.54) is 6.92 Å². The minimum absolute atomic E-state index is 0.0940. The molecule has 102 valence electrons. The van der Waals surface area contributed by atoms with E-state index in [1.807, 2.05) is 12.1 Å². The predicted octanol–water partition coefficient (Wildman–Crippen LogP) is 2.22. The predicted molar refractivity (Wildman–Crippen MR) is 77.3 cm³/mol. The van der Waals surface area contributed by atoms with Crippen LogP contribution in [-0.2, 0) is 16.0 Å². The lowest BCUT2D eigenvalue weighted by Crippen LogP contribution is -2.14. The number of aromatic nitrogens is 1. The highest BCUT2D eigenvalue weighted by atomic mass is 16.2. The third kappa shape index (κ3) is 4.20. The van der Waals surface area contributed by atoms with Crippen LogP contribution in [0.1, 0.15) is 12.5 Å². The van der Waals surface area contributed by atoms with Gasteiger partial charge in [-0.25, -0.2) is 0 Å².